The second-order valence-corrected chi connectivity index (χ2v) is 9.81. The van der Waals surface area contributed by atoms with Crippen molar-refractivity contribution < 1.29 is 13.2 Å². The van der Waals surface area contributed by atoms with Gasteiger partial charge in [0.15, 0.2) is 9.84 Å². The maximum Gasteiger partial charge on any atom is 0.244 e. The lowest BCUT2D eigenvalue weighted by atomic mass is 10.1. The normalized spacial score (nSPS) is 20.6. The van der Waals surface area contributed by atoms with Gasteiger partial charge in [-0.05, 0) is 54.2 Å². The van der Waals surface area contributed by atoms with Gasteiger partial charge in [0, 0.05) is 18.8 Å². The number of hydrogen-bond acceptors (Lipinski definition) is 4. The first-order chi connectivity index (χ1) is 12.8. The predicted octanol–water partition coefficient (Wildman–Crippen LogP) is 2.70. The maximum absolute atomic E-state index is 12.7. The van der Waals surface area contributed by atoms with E-state index in [0.717, 1.165) is 12.1 Å². The minimum Gasteiger partial charge on any atom is -0.374 e. The van der Waals surface area contributed by atoms with Crippen molar-refractivity contribution in [2.24, 2.45) is 0 Å². The van der Waals surface area contributed by atoms with Crippen molar-refractivity contribution in [1.29, 1.82) is 0 Å². The lowest BCUT2D eigenvalue weighted by Gasteiger charge is -2.27. The van der Waals surface area contributed by atoms with Gasteiger partial charge in [-0.25, -0.2) is 8.42 Å². The molecule has 1 saturated heterocycles. The van der Waals surface area contributed by atoms with E-state index in [1.165, 1.54) is 22.3 Å². The van der Waals surface area contributed by atoms with Crippen LogP contribution in [0.4, 0.5) is 5.69 Å². The molecule has 0 saturated carbocycles. The van der Waals surface area contributed by atoms with Crippen LogP contribution in [0.15, 0.2) is 42.5 Å². The third-order valence-electron chi connectivity index (χ3n) is 5.65. The fourth-order valence-corrected chi connectivity index (χ4v) is 5.89. The van der Waals surface area contributed by atoms with Crippen molar-refractivity contribution in [3.8, 4) is 11.1 Å². The molecule has 1 aliphatic heterocycles. The van der Waals surface area contributed by atoms with E-state index in [0.29, 0.717) is 6.42 Å². The molecule has 0 radical (unpaired) electrons. The summed E-state index contributed by atoms with van der Waals surface area (Å²) < 4.78 is 23.4. The van der Waals surface area contributed by atoms with Gasteiger partial charge >= 0.3 is 0 Å². The molecule has 1 aliphatic carbocycles. The van der Waals surface area contributed by atoms with Gasteiger partial charge in [0.2, 0.25) is 5.91 Å². The van der Waals surface area contributed by atoms with Gasteiger partial charge < -0.3 is 10.2 Å². The highest BCUT2D eigenvalue weighted by atomic mass is 32.2. The maximum atomic E-state index is 12.7. The van der Waals surface area contributed by atoms with Crippen LogP contribution in [0.25, 0.3) is 11.1 Å². The number of carbonyl (C=O) groups excluding carboxylic acids is 1. The Labute approximate surface area is 160 Å². The molecule has 6 heteroatoms. The first kappa shape index (κ1) is 18.0. The molecule has 2 aromatic carbocycles. The van der Waals surface area contributed by atoms with E-state index in [1.807, 2.05) is 13.0 Å². The topological polar surface area (TPSA) is 66.5 Å². The Hall–Kier alpha value is -2.34. The van der Waals surface area contributed by atoms with Crippen molar-refractivity contribution in [2.75, 3.05) is 23.9 Å². The molecule has 0 aromatic heterocycles. The molecule has 5 nitrogen and oxygen atoms in total. The van der Waals surface area contributed by atoms with Gasteiger partial charge in [-0.3, -0.25) is 4.79 Å². The molecule has 1 heterocycles. The number of hydrogen-bond donors (Lipinski definition) is 1. The molecule has 1 fully saturated rings. The molecule has 0 unspecified atom stereocenters. The first-order valence-corrected chi connectivity index (χ1v) is 11.1. The number of sulfone groups is 1. The van der Waals surface area contributed by atoms with Crippen LogP contribution in [-0.2, 0) is 21.1 Å². The van der Waals surface area contributed by atoms with Crippen molar-refractivity contribution in [3.63, 3.8) is 0 Å². The number of amides is 1. The van der Waals surface area contributed by atoms with Crippen LogP contribution in [-0.4, -0.2) is 49.9 Å². The molecule has 142 valence electrons. The van der Waals surface area contributed by atoms with E-state index >= 15 is 0 Å². The largest absolute Gasteiger partial charge is 0.374 e. The average molecular weight is 385 g/mol. The molecule has 2 atom stereocenters. The van der Waals surface area contributed by atoms with Crippen molar-refractivity contribution in [2.45, 2.75) is 31.8 Å². The molecule has 1 N–H and O–H groups in total. The number of nitrogens with zero attached hydrogens (tertiary/aromatic N) is 1. The Morgan fingerprint density at radius 3 is 2.63 bits per heavy atom. The summed E-state index contributed by atoms with van der Waals surface area (Å²) in [6, 6.07) is 14.0. The second kappa shape index (κ2) is 6.68. The molecule has 0 spiro atoms. The second-order valence-electron chi connectivity index (χ2n) is 7.58. The third-order valence-corrected chi connectivity index (χ3v) is 7.40. The van der Waals surface area contributed by atoms with Crippen LogP contribution < -0.4 is 5.32 Å². The van der Waals surface area contributed by atoms with Crippen molar-refractivity contribution in [3.05, 3.63) is 53.6 Å². The summed E-state index contributed by atoms with van der Waals surface area (Å²) >= 11 is 0. The number of rotatable bonds is 4. The highest BCUT2D eigenvalue weighted by Gasteiger charge is 2.34. The molecule has 27 heavy (non-hydrogen) atoms. The molecule has 4 rings (SSSR count). The van der Waals surface area contributed by atoms with Crippen molar-refractivity contribution >= 4 is 21.4 Å². The summed E-state index contributed by atoms with van der Waals surface area (Å²) in [5.74, 6) is 0.155. The molecule has 2 aromatic rings. The zero-order valence-corrected chi connectivity index (χ0v) is 16.4. The third kappa shape index (κ3) is 3.46. The molecule has 2 aliphatic rings. The number of likely N-dealkylation sites (N-methyl/N-ethyl adjacent to an activating group) is 1. The predicted molar refractivity (Wildman–Crippen MR) is 108 cm³/mol. The highest BCUT2D eigenvalue weighted by Crippen LogP contribution is 2.37. The highest BCUT2D eigenvalue weighted by molar-refractivity contribution is 7.91. The zero-order valence-electron chi connectivity index (χ0n) is 15.6. The number of nitrogens with one attached hydrogen (secondary N) is 1. The Bertz CT molecular complexity index is 1000. The Morgan fingerprint density at radius 1 is 1.15 bits per heavy atom. The average Bonchev–Trinajstić information content (AvgIpc) is 3.19. The zero-order chi connectivity index (χ0) is 19.2. The van der Waals surface area contributed by atoms with Crippen LogP contribution in [0.5, 0.6) is 0 Å². The summed E-state index contributed by atoms with van der Waals surface area (Å²) in [6.07, 6.45) is 1.43. The van der Waals surface area contributed by atoms with Crippen LogP contribution in [0.1, 0.15) is 24.5 Å². The summed E-state index contributed by atoms with van der Waals surface area (Å²) in [7, 11) is -1.31. The van der Waals surface area contributed by atoms with Crippen molar-refractivity contribution in [1.82, 2.24) is 4.90 Å². The van der Waals surface area contributed by atoms with E-state index in [-0.39, 0.29) is 23.5 Å². The van der Waals surface area contributed by atoms with Crippen LogP contribution in [0.3, 0.4) is 0 Å². The SMILES string of the molecule is C[C@@H](Nc1ccc2c(c1)Cc1ccccc1-2)C(=O)N(C)[C@@H]1CCS(=O)(=O)C1. The van der Waals surface area contributed by atoms with Gasteiger partial charge in [0.05, 0.1) is 11.5 Å². The van der Waals surface area contributed by atoms with Gasteiger partial charge in [0.25, 0.3) is 0 Å². The van der Waals surface area contributed by atoms with Crippen LogP contribution >= 0.6 is 0 Å². The number of carbonyl (C=O) groups is 1. The van der Waals surface area contributed by atoms with Gasteiger partial charge in [-0.2, -0.15) is 0 Å². The van der Waals surface area contributed by atoms with E-state index < -0.39 is 15.9 Å². The quantitative estimate of drug-likeness (QED) is 0.751. The lowest BCUT2D eigenvalue weighted by Crippen LogP contribution is -2.45. The molecular weight excluding hydrogens is 360 g/mol. The van der Waals surface area contributed by atoms with Gasteiger partial charge in [-0.15, -0.1) is 0 Å². The van der Waals surface area contributed by atoms with Gasteiger partial charge in [-0.1, -0.05) is 30.3 Å². The van der Waals surface area contributed by atoms with Crippen LogP contribution in [0, 0.1) is 0 Å². The summed E-state index contributed by atoms with van der Waals surface area (Å²) in [5.41, 5.74) is 6.04. The van der Waals surface area contributed by atoms with E-state index in [1.54, 1.807) is 11.9 Å². The summed E-state index contributed by atoms with van der Waals surface area (Å²) in [4.78, 5) is 14.3. The number of anilines is 1. The number of fused-ring (bicyclic) bond motifs is 3. The molecular formula is C21H24N2O3S. The lowest BCUT2D eigenvalue weighted by molar-refractivity contribution is -0.132. The standard InChI is InChI=1S/C21H24N2O3S/c1-14(21(24)23(2)18-9-10-27(25,26)13-18)22-17-7-8-20-16(12-17)11-15-5-3-4-6-19(15)20/h3-8,12,14,18,22H,9-11,13H2,1-2H3/t14-,18-/m1/s1. The monoisotopic (exact) mass is 384 g/mol. The molecule has 0 bridgehead atoms. The van der Waals surface area contributed by atoms with E-state index in [4.69, 9.17) is 0 Å². The van der Waals surface area contributed by atoms with Gasteiger partial charge in [0.1, 0.15) is 6.04 Å². The Balaban J connectivity index is 1.45. The summed E-state index contributed by atoms with van der Waals surface area (Å²) in [6.45, 7) is 1.82. The van der Waals surface area contributed by atoms with E-state index in [2.05, 4.69) is 41.7 Å². The number of benzene rings is 2. The minimum atomic E-state index is -3.01. The minimum absolute atomic E-state index is 0.0685. The van der Waals surface area contributed by atoms with E-state index in [9.17, 15) is 13.2 Å². The molecule has 1 amide bonds. The smallest absolute Gasteiger partial charge is 0.244 e. The Kier molecular flexibility index (Phi) is 4.46. The van der Waals surface area contributed by atoms with Crippen LogP contribution in [0.2, 0.25) is 0 Å². The fourth-order valence-electron chi connectivity index (χ4n) is 4.11. The fraction of sp³-hybridized carbons (Fsp3) is 0.381. The summed E-state index contributed by atoms with van der Waals surface area (Å²) in [5, 5.41) is 3.28. The first-order valence-electron chi connectivity index (χ1n) is 9.29. The Morgan fingerprint density at radius 2 is 1.89 bits per heavy atom.